The van der Waals surface area contributed by atoms with E-state index in [9.17, 15) is 4.79 Å². The van der Waals surface area contributed by atoms with Crippen LogP contribution in [0.25, 0.3) is 11.0 Å². The number of carbonyl (C=O) groups excluding carboxylic acids is 1. The van der Waals surface area contributed by atoms with Crippen molar-refractivity contribution >= 4 is 28.3 Å². The Morgan fingerprint density at radius 3 is 2.70 bits per heavy atom. The quantitative estimate of drug-likeness (QED) is 0.697. The van der Waals surface area contributed by atoms with E-state index >= 15 is 0 Å². The summed E-state index contributed by atoms with van der Waals surface area (Å²) in [6, 6.07) is 14.7. The fourth-order valence-corrected chi connectivity index (χ4v) is 2.07. The molecule has 0 atom stereocenters. The largest absolute Gasteiger partial charge is 0.451 e. The molecule has 0 saturated heterocycles. The van der Waals surface area contributed by atoms with E-state index in [2.05, 4.69) is 5.32 Å². The highest BCUT2D eigenvalue weighted by Crippen LogP contribution is 2.23. The maximum absolute atomic E-state index is 12.2. The Morgan fingerprint density at radius 1 is 1.15 bits per heavy atom. The maximum Gasteiger partial charge on any atom is 0.291 e. The smallest absolute Gasteiger partial charge is 0.291 e. The Hall–Kier alpha value is -2.75. The van der Waals surface area contributed by atoms with Gasteiger partial charge in [-0.15, -0.1) is 0 Å². The second-order valence-electron chi connectivity index (χ2n) is 4.69. The van der Waals surface area contributed by atoms with Crippen LogP contribution in [0.4, 0.5) is 11.4 Å². The predicted octanol–water partition coefficient (Wildman–Crippen LogP) is 3.58. The molecule has 3 N–H and O–H groups in total. The summed E-state index contributed by atoms with van der Waals surface area (Å²) in [5.74, 6) is -0.0390. The lowest BCUT2D eigenvalue weighted by Crippen LogP contribution is -2.12. The number of fused-ring (bicyclic) bond motifs is 1. The van der Waals surface area contributed by atoms with E-state index in [0.717, 1.165) is 10.9 Å². The number of furan rings is 1. The van der Waals surface area contributed by atoms with Gasteiger partial charge in [0.05, 0.1) is 11.4 Å². The van der Waals surface area contributed by atoms with Gasteiger partial charge in [0.2, 0.25) is 0 Å². The number of hydrogen-bond acceptors (Lipinski definition) is 3. The molecule has 2 aromatic carbocycles. The lowest BCUT2D eigenvalue weighted by Gasteiger charge is -2.07. The Balaban J connectivity index is 1.89. The van der Waals surface area contributed by atoms with Crippen LogP contribution in [0.5, 0.6) is 0 Å². The SMILES string of the molecule is Cc1ccc(NC(=O)c2cc3ccccc3o2)c(N)c1. The Labute approximate surface area is 116 Å². The zero-order chi connectivity index (χ0) is 14.1. The third-order valence-electron chi connectivity index (χ3n) is 3.10. The van der Waals surface area contributed by atoms with Crippen LogP contribution >= 0.6 is 0 Å². The van der Waals surface area contributed by atoms with E-state index < -0.39 is 0 Å². The first-order valence-electron chi connectivity index (χ1n) is 6.29. The molecule has 0 aliphatic heterocycles. The van der Waals surface area contributed by atoms with Gasteiger partial charge in [0, 0.05) is 5.39 Å². The summed E-state index contributed by atoms with van der Waals surface area (Å²) in [5, 5.41) is 3.65. The van der Waals surface area contributed by atoms with Crippen LogP contribution in [0.1, 0.15) is 16.1 Å². The Morgan fingerprint density at radius 2 is 1.95 bits per heavy atom. The fourth-order valence-electron chi connectivity index (χ4n) is 2.07. The van der Waals surface area contributed by atoms with Gasteiger partial charge in [0.1, 0.15) is 5.58 Å². The molecule has 0 unspecified atom stereocenters. The minimum absolute atomic E-state index is 0.270. The van der Waals surface area contributed by atoms with E-state index in [1.807, 2.05) is 43.3 Å². The van der Waals surface area contributed by atoms with E-state index in [4.69, 9.17) is 10.2 Å². The van der Waals surface area contributed by atoms with Crippen LogP contribution < -0.4 is 11.1 Å². The molecule has 4 nitrogen and oxygen atoms in total. The molecular weight excluding hydrogens is 252 g/mol. The zero-order valence-corrected chi connectivity index (χ0v) is 11.0. The molecule has 1 aromatic heterocycles. The molecule has 0 aliphatic rings. The van der Waals surface area contributed by atoms with Gasteiger partial charge in [-0.3, -0.25) is 4.79 Å². The van der Waals surface area contributed by atoms with Crippen molar-refractivity contribution in [1.82, 2.24) is 0 Å². The Kier molecular flexibility index (Phi) is 2.91. The predicted molar refractivity (Wildman–Crippen MR) is 79.8 cm³/mol. The minimum atomic E-state index is -0.309. The fraction of sp³-hybridized carbons (Fsp3) is 0.0625. The van der Waals surface area contributed by atoms with Crippen LogP contribution in [0.2, 0.25) is 0 Å². The summed E-state index contributed by atoms with van der Waals surface area (Å²) in [7, 11) is 0. The number of amides is 1. The van der Waals surface area contributed by atoms with Gasteiger partial charge in [-0.1, -0.05) is 24.3 Å². The van der Waals surface area contributed by atoms with Gasteiger partial charge < -0.3 is 15.5 Å². The third-order valence-corrected chi connectivity index (χ3v) is 3.10. The van der Waals surface area contributed by atoms with Gasteiger partial charge in [-0.25, -0.2) is 0 Å². The molecule has 20 heavy (non-hydrogen) atoms. The van der Waals surface area contributed by atoms with Crippen molar-refractivity contribution in [3.63, 3.8) is 0 Å². The van der Waals surface area contributed by atoms with Crippen molar-refractivity contribution in [3.05, 3.63) is 59.9 Å². The van der Waals surface area contributed by atoms with Gasteiger partial charge in [-0.05, 0) is 36.8 Å². The third kappa shape index (κ3) is 2.23. The average molecular weight is 266 g/mol. The number of nitrogens with one attached hydrogen (secondary N) is 1. The summed E-state index contributed by atoms with van der Waals surface area (Å²) >= 11 is 0. The second-order valence-corrected chi connectivity index (χ2v) is 4.69. The van der Waals surface area contributed by atoms with E-state index in [1.165, 1.54) is 0 Å². The number of carbonyl (C=O) groups is 1. The molecule has 1 heterocycles. The van der Waals surface area contributed by atoms with Crippen LogP contribution in [0.3, 0.4) is 0 Å². The van der Waals surface area contributed by atoms with Crippen molar-refractivity contribution in [2.24, 2.45) is 0 Å². The summed E-state index contributed by atoms with van der Waals surface area (Å²) in [6.07, 6.45) is 0. The van der Waals surface area contributed by atoms with Crippen LogP contribution in [-0.2, 0) is 0 Å². The van der Waals surface area contributed by atoms with Crippen LogP contribution in [-0.4, -0.2) is 5.91 Å². The molecule has 3 rings (SSSR count). The molecule has 0 bridgehead atoms. The number of aryl methyl sites for hydroxylation is 1. The van der Waals surface area contributed by atoms with Crippen molar-refractivity contribution in [1.29, 1.82) is 0 Å². The van der Waals surface area contributed by atoms with Crippen molar-refractivity contribution in [2.45, 2.75) is 6.92 Å². The summed E-state index contributed by atoms with van der Waals surface area (Å²) < 4.78 is 5.51. The molecule has 0 fully saturated rings. The number of hydrogen-bond donors (Lipinski definition) is 2. The summed E-state index contributed by atoms with van der Waals surface area (Å²) in [5.41, 5.74) is 8.73. The van der Waals surface area contributed by atoms with E-state index in [0.29, 0.717) is 17.0 Å². The first-order chi connectivity index (χ1) is 9.63. The molecule has 3 aromatic rings. The van der Waals surface area contributed by atoms with Crippen LogP contribution in [0, 0.1) is 6.92 Å². The number of rotatable bonds is 2. The average Bonchev–Trinajstić information content (AvgIpc) is 2.86. The second kappa shape index (κ2) is 4.74. The minimum Gasteiger partial charge on any atom is -0.451 e. The van der Waals surface area contributed by atoms with Gasteiger partial charge in [-0.2, -0.15) is 0 Å². The Bertz CT molecular complexity index is 757. The van der Waals surface area contributed by atoms with E-state index in [-0.39, 0.29) is 11.7 Å². The number of nitrogen functional groups attached to an aromatic ring is 1. The van der Waals surface area contributed by atoms with Gasteiger partial charge in [0.25, 0.3) is 5.91 Å². The molecule has 100 valence electrons. The number of anilines is 2. The van der Waals surface area contributed by atoms with Gasteiger partial charge >= 0.3 is 0 Å². The number of para-hydroxylation sites is 1. The molecule has 4 heteroatoms. The summed E-state index contributed by atoms with van der Waals surface area (Å²) in [4.78, 5) is 12.2. The maximum atomic E-state index is 12.2. The van der Waals surface area contributed by atoms with Crippen molar-refractivity contribution < 1.29 is 9.21 Å². The topological polar surface area (TPSA) is 68.3 Å². The first-order valence-corrected chi connectivity index (χ1v) is 6.29. The highest BCUT2D eigenvalue weighted by atomic mass is 16.3. The van der Waals surface area contributed by atoms with Crippen molar-refractivity contribution in [2.75, 3.05) is 11.1 Å². The first kappa shape index (κ1) is 12.3. The number of nitrogens with two attached hydrogens (primary N) is 1. The highest BCUT2D eigenvalue weighted by molar-refractivity contribution is 6.05. The molecule has 1 amide bonds. The highest BCUT2D eigenvalue weighted by Gasteiger charge is 2.13. The lowest BCUT2D eigenvalue weighted by atomic mass is 10.2. The normalized spacial score (nSPS) is 10.7. The van der Waals surface area contributed by atoms with Crippen LogP contribution in [0.15, 0.2) is 52.9 Å². The monoisotopic (exact) mass is 266 g/mol. The summed E-state index contributed by atoms with van der Waals surface area (Å²) in [6.45, 7) is 1.95. The zero-order valence-electron chi connectivity index (χ0n) is 11.0. The molecule has 0 aliphatic carbocycles. The number of benzene rings is 2. The van der Waals surface area contributed by atoms with Gasteiger partial charge in [0.15, 0.2) is 5.76 Å². The molecular formula is C16H14N2O2. The lowest BCUT2D eigenvalue weighted by molar-refractivity contribution is 0.0999. The molecule has 0 spiro atoms. The van der Waals surface area contributed by atoms with Crippen molar-refractivity contribution in [3.8, 4) is 0 Å². The standard InChI is InChI=1S/C16H14N2O2/c1-10-6-7-13(12(17)8-10)18-16(19)15-9-11-4-2-3-5-14(11)20-15/h2-9H,17H2,1H3,(H,18,19). The van der Waals surface area contributed by atoms with E-state index in [1.54, 1.807) is 12.1 Å². The molecule has 0 radical (unpaired) electrons. The molecule has 0 saturated carbocycles.